The molecular weight excluding hydrogens is 328 g/mol. The Labute approximate surface area is 154 Å². The normalized spacial score (nSPS) is 11.1. The molecule has 2 rings (SSSR count). The van der Waals surface area contributed by atoms with Gasteiger partial charge in [-0.15, -0.1) is 0 Å². The van der Waals surface area contributed by atoms with Crippen LogP contribution in [0.2, 0.25) is 0 Å². The lowest BCUT2D eigenvalue weighted by molar-refractivity contribution is -0.136. The fourth-order valence-corrected chi connectivity index (χ4v) is 2.69. The monoisotopic (exact) mass is 354 g/mol. The Bertz CT molecular complexity index is 801. The average Bonchev–Trinajstić information content (AvgIpc) is 2.88. The van der Waals surface area contributed by atoms with Gasteiger partial charge in [0, 0.05) is 29.9 Å². The van der Waals surface area contributed by atoms with Crippen molar-refractivity contribution in [3.63, 3.8) is 0 Å². The van der Waals surface area contributed by atoms with Crippen LogP contribution in [0.4, 0.5) is 0 Å². The zero-order chi connectivity index (χ0) is 19.1. The van der Waals surface area contributed by atoms with Gasteiger partial charge in [-0.25, -0.2) is 4.79 Å². The van der Waals surface area contributed by atoms with Gasteiger partial charge in [0.05, 0.1) is 5.69 Å². The number of nitrogens with zero attached hydrogens (tertiary/aromatic N) is 2. The van der Waals surface area contributed by atoms with Crippen molar-refractivity contribution in [2.75, 3.05) is 6.61 Å². The lowest BCUT2D eigenvalue weighted by atomic mass is 10.0. The third-order valence-corrected chi connectivity index (χ3v) is 4.39. The molecule has 0 aliphatic heterocycles. The highest BCUT2D eigenvalue weighted by Crippen LogP contribution is 2.14. The predicted octanol–water partition coefficient (Wildman–Crippen LogP) is 3.82. The summed E-state index contributed by atoms with van der Waals surface area (Å²) in [7, 11) is 1.85. The molecule has 5 nitrogen and oxygen atoms in total. The first-order chi connectivity index (χ1) is 12.4. The molecule has 5 heteroatoms. The molecule has 1 aromatic carbocycles. The number of benzene rings is 1. The quantitative estimate of drug-likeness (QED) is 0.411. The predicted molar refractivity (Wildman–Crippen MR) is 102 cm³/mol. The number of aromatic nitrogens is 2. The number of ether oxygens (including phenoxy) is 1. The van der Waals surface area contributed by atoms with Crippen molar-refractivity contribution >= 4 is 17.8 Å². The van der Waals surface area contributed by atoms with Crippen LogP contribution < -0.4 is 0 Å². The molecule has 0 saturated carbocycles. The van der Waals surface area contributed by atoms with E-state index in [0.29, 0.717) is 5.56 Å². The fraction of sp³-hybridized carbons (Fsp3) is 0.381. The van der Waals surface area contributed by atoms with E-state index in [-0.39, 0.29) is 12.4 Å². The van der Waals surface area contributed by atoms with E-state index in [9.17, 15) is 9.59 Å². The summed E-state index contributed by atoms with van der Waals surface area (Å²) < 4.78 is 6.82. The molecule has 0 amide bonds. The van der Waals surface area contributed by atoms with E-state index in [1.165, 1.54) is 11.6 Å². The number of unbranched alkanes of at least 4 members (excludes halogenated alkanes) is 1. The summed E-state index contributed by atoms with van der Waals surface area (Å²) >= 11 is 0. The van der Waals surface area contributed by atoms with Gasteiger partial charge >= 0.3 is 5.97 Å². The van der Waals surface area contributed by atoms with Crippen LogP contribution in [0.3, 0.4) is 0 Å². The number of hydrogen-bond acceptors (Lipinski definition) is 4. The van der Waals surface area contributed by atoms with Gasteiger partial charge in [0.25, 0.3) is 0 Å². The molecule has 2 aromatic rings. The third-order valence-electron chi connectivity index (χ3n) is 4.39. The van der Waals surface area contributed by atoms with E-state index in [1.807, 2.05) is 33.0 Å². The van der Waals surface area contributed by atoms with Crippen LogP contribution in [-0.4, -0.2) is 28.1 Å². The lowest BCUT2D eigenvalue weighted by Gasteiger charge is -2.04. The summed E-state index contributed by atoms with van der Waals surface area (Å²) in [5, 5.41) is 4.29. The number of esters is 1. The topological polar surface area (TPSA) is 61.2 Å². The minimum Gasteiger partial charge on any atom is -0.454 e. The number of aryl methyl sites for hydroxylation is 3. The first-order valence-corrected chi connectivity index (χ1v) is 8.89. The van der Waals surface area contributed by atoms with Gasteiger partial charge in [-0.2, -0.15) is 5.10 Å². The van der Waals surface area contributed by atoms with E-state index >= 15 is 0 Å². The highest BCUT2D eigenvalue weighted by Gasteiger charge is 2.10. The molecule has 1 aromatic heterocycles. The summed E-state index contributed by atoms with van der Waals surface area (Å²) in [6, 6.07) is 7.50. The number of carbonyl (C=O) groups is 2. The second kappa shape index (κ2) is 9.13. The number of carbonyl (C=O) groups excluding carboxylic acids is 2. The van der Waals surface area contributed by atoms with Crippen molar-refractivity contribution in [2.45, 2.75) is 40.0 Å². The van der Waals surface area contributed by atoms with Crippen LogP contribution in [0.25, 0.3) is 6.08 Å². The van der Waals surface area contributed by atoms with Gasteiger partial charge in [-0.05, 0) is 38.3 Å². The molecule has 26 heavy (non-hydrogen) atoms. The number of ketones is 1. The maximum atomic E-state index is 12.1. The Hall–Kier alpha value is -2.69. The Morgan fingerprint density at radius 3 is 2.46 bits per heavy atom. The molecule has 0 radical (unpaired) electrons. The fourth-order valence-electron chi connectivity index (χ4n) is 2.69. The van der Waals surface area contributed by atoms with Crippen LogP contribution in [0.5, 0.6) is 0 Å². The van der Waals surface area contributed by atoms with Crippen molar-refractivity contribution in [2.24, 2.45) is 7.05 Å². The average molecular weight is 354 g/mol. The van der Waals surface area contributed by atoms with Crippen molar-refractivity contribution in [3.05, 3.63) is 58.4 Å². The summed E-state index contributed by atoms with van der Waals surface area (Å²) in [5.74, 6) is -0.747. The van der Waals surface area contributed by atoms with E-state index in [2.05, 4.69) is 12.0 Å². The minimum absolute atomic E-state index is 0.206. The van der Waals surface area contributed by atoms with Crippen molar-refractivity contribution < 1.29 is 14.3 Å². The summed E-state index contributed by atoms with van der Waals surface area (Å²) in [6.45, 7) is 5.70. The van der Waals surface area contributed by atoms with E-state index in [1.54, 1.807) is 22.9 Å². The molecule has 0 bridgehead atoms. The standard InChI is InChI=1S/C21H26N2O3/c1-5-6-7-17-8-10-18(11-9-17)20(24)14-26-21(25)13-12-19-15(2)22-23(4)16(19)3/h8-13H,5-7,14H2,1-4H3/b13-12+. The van der Waals surface area contributed by atoms with Crippen molar-refractivity contribution in [1.82, 2.24) is 9.78 Å². The maximum Gasteiger partial charge on any atom is 0.331 e. The second-order valence-electron chi connectivity index (χ2n) is 6.37. The molecule has 138 valence electrons. The van der Waals surface area contributed by atoms with E-state index in [0.717, 1.165) is 36.2 Å². The second-order valence-corrected chi connectivity index (χ2v) is 6.37. The van der Waals surface area contributed by atoms with Crippen LogP contribution >= 0.6 is 0 Å². The first-order valence-electron chi connectivity index (χ1n) is 8.89. The lowest BCUT2D eigenvalue weighted by Crippen LogP contribution is -2.12. The largest absolute Gasteiger partial charge is 0.454 e. The molecule has 0 aliphatic carbocycles. The summed E-state index contributed by atoms with van der Waals surface area (Å²) in [4.78, 5) is 24.0. The van der Waals surface area contributed by atoms with E-state index < -0.39 is 5.97 Å². The SMILES string of the molecule is CCCCc1ccc(C(=O)COC(=O)/C=C/c2c(C)nn(C)c2C)cc1. The third kappa shape index (κ3) is 5.15. The number of rotatable bonds is 8. The summed E-state index contributed by atoms with van der Waals surface area (Å²) in [5.41, 5.74) is 4.46. The van der Waals surface area contributed by atoms with Crippen LogP contribution in [0, 0.1) is 13.8 Å². The Kier molecular flexibility index (Phi) is 6.89. The van der Waals surface area contributed by atoms with Crippen LogP contribution in [0.1, 0.15) is 52.6 Å². The highest BCUT2D eigenvalue weighted by molar-refractivity contribution is 5.98. The maximum absolute atomic E-state index is 12.1. The molecule has 0 fully saturated rings. The molecule has 0 aliphatic rings. The molecule has 0 atom stereocenters. The van der Waals surface area contributed by atoms with Gasteiger partial charge in [0.15, 0.2) is 12.4 Å². The molecule has 0 N–H and O–H groups in total. The zero-order valence-electron chi connectivity index (χ0n) is 15.9. The van der Waals surface area contributed by atoms with Crippen LogP contribution in [0.15, 0.2) is 30.3 Å². The Morgan fingerprint density at radius 2 is 1.88 bits per heavy atom. The Balaban J connectivity index is 1.88. The molecule has 0 spiro atoms. The van der Waals surface area contributed by atoms with Gasteiger partial charge in [0.1, 0.15) is 0 Å². The molecule has 1 heterocycles. The Morgan fingerprint density at radius 1 is 1.19 bits per heavy atom. The number of Topliss-reactive ketones (excluding diaryl/α,β-unsaturated/α-hetero) is 1. The van der Waals surface area contributed by atoms with Crippen LogP contribution in [-0.2, 0) is 23.0 Å². The molecule has 0 unspecified atom stereocenters. The van der Waals surface area contributed by atoms with Gasteiger partial charge in [0.2, 0.25) is 0 Å². The van der Waals surface area contributed by atoms with Gasteiger partial charge in [-0.1, -0.05) is 37.6 Å². The van der Waals surface area contributed by atoms with Gasteiger partial charge < -0.3 is 4.74 Å². The highest BCUT2D eigenvalue weighted by atomic mass is 16.5. The minimum atomic E-state index is -0.541. The smallest absolute Gasteiger partial charge is 0.331 e. The molecule has 0 saturated heterocycles. The van der Waals surface area contributed by atoms with Crippen molar-refractivity contribution in [3.8, 4) is 0 Å². The number of hydrogen-bond donors (Lipinski definition) is 0. The zero-order valence-corrected chi connectivity index (χ0v) is 15.9. The van der Waals surface area contributed by atoms with E-state index in [4.69, 9.17) is 4.74 Å². The summed E-state index contributed by atoms with van der Waals surface area (Å²) in [6.07, 6.45) is 6.29. The van der Waals surface area contributed by atoms with Crippen molar-refractivity contribution in [1.29, 1.82) is 0 Å². The molecular formula is C21H26N2O3. The van der Waals surface area contributed by atoms with Gasteiger partial charge in [-0.3, -0.25) is 9.48 Å². The first kappa shape index (κ1) is 19.6.